The van der Waals surface area contributed by atoms with Gasteiger partial charge in [0.1, 0.15) is 18.5 Å². The summed E-state index contributed by atoms with van der Waals surface area (Å²) in [5.41, 5.74) is 1.23. The number of benzene rings is 1. The molecule has 1 amide bonds. The molecule has 1 aliphatic heterocycles. The van der Waals surface area contributed by atoms with Crippen molar-refractivity contribution in [3.63, 3.8) is 0 Å². The van der Waals surface area contributed by atoms with Crippen molar-refractivity contribution >= 4 is 23.3 Å². The van der Waals surface area contributed by atoms with Gasteiger partial charge in [0.25, 0.3) is 5.91 Å². The van der Waals surface area contributed by atoms with Crippen molar-refractivity contribution in [3.8, 4) is 5.75 Å². The van der Waals surface area contributed by atoms with Crippen LogP contribution < -0.4 is 4.74 Å². The average molecular weight is 378 g/mol. The topological polar surface area (TPSA) is 69.0 Å². The van der Waals surface area contributed by atoms with Crippen LogP contribution in [0.25, 0.3) is 0 Å². The zero-order valence-corrected chi connectivity index (χ0v) is 15.4. The fraction of sp³-hybridized carbons (Fsp3) is 0.368. The Morgan fingerprint density at radius 2 is 2.15 bits per heavy atom. The zero-order chi connectivity index (χ0) is 18.7. The SMILES string of the molecule is CC(=O)c1cc(Cl)ccc1OCC1CN(C(=O)c2occc2C)CCO1. The van der Waals surface area contributed by atoms with Gasteiger partial charge in [-0.2, -0.15) is 0 Å². The Kier molecular flexibility index (Phi) is 5.64. The Bertz CT molecular complexity index is 816. The molecule has 1 aromatic carbocycles. The predicted molar refractivity (Wildman–Crippen MR) is 96.0 cm³/mol. The van der Waals surface area contributed by atoms with Gasteiger partial charge in [-0.1, -0.05) is 11.6 Å². The molecule has 138 valence electrons. The van der Waals surface area contributed by atoms with Gasteiger partial charge in [-0.05, 0) is 38.1 Å². The van der Waals surface area contributed by atoms with Gasteiger partial charge in [-0.15, -0.1) is 0 Å². The standard InChI is InChI=1S/C19H20ClNO5/c1-12-5-7-25-18(12)19(23)21-6-8-24-15(10-21)11-26-17-4-3-14(20)9-16(17)13(2)22/h3-5,7,9,15H,6,8,10-11H2,1-2H3. The van der Waals surface area contributed by atoms with Crippen molar-refractivity contribution in [2.75, 3.05) is 26.3 Å². The second kappa shape index (κ2) is 7.93. The number of ketones is 1. The molecule has 0 saturated carbocycles. The third-order valence-corrected chi connectivity index (χ3v) is 4.46. The highest BCUT2D eigenvalue weighted by molar-refractivity contribution is 6.31. The molecule has 1 atom stereocenters. The van der Waals surface area contributed by atoms with E-state index in [1.807, 2.05) is 6.92 Å². The van der Waals surface area contributed by atoms with Crippen molar-refractivity contribution in [2.24, 2.45) is 0 Å². The molecule has 26 heavy (non-hydrogen) atoms. The number of carbonyl (C=O) groups is 2. The van der Waals surface area contributed by atoms with E-state index in [0.717, 1.165) is 5.56 Å². The number of morpholine rings is 1. The van der Waals surface area contributed by atoms with Crippen LogP contribution in [0.5, 0.6) is 5.75 Å². The number of Topliss-reactive ketones (excluding diaryl/α,β-unsaturated/α-hetero) is 1. The van der Waals surface area contributed by atoms with Crippen LogP contribution in [0, 0.1) is 6.92 Å². The molecule has 2 aromatic rings. The maximum atomic E-state index is 12.6. The summed E-state index contributed by atoms with van der Waals surface area (Å²) in [6.45, 7) is 4.82. The number of furan rings is 1. The van der Waals surface area contributed by atoms with Crippen molar-refractivity contribution in [3.05, 3.63) is 52.4 Å². The normalized spacial score (nSPS) is 17.2. The Morgan fingerprint density at radius 3 is 2.85 bits per heavy atom. The molecule has 1 aliphatic rings. The number of hydrogen-bond donors (Lipinski definition) is 0. The molecular formula is C19H20ClNO5. The third kappa shape index (κ3) is 4.08. The van der Waals surface area contributed by atoms with Gasteiger partial charge >= 0.3 is 0 Å². The first kappa shape index (κ1) is 18.5. The summed E-state index contributed by atoms with van der Waals surface area (Å²) in [6, 6.07) is 6.67. The van der Waals surface area contributed by atoms with Gasteiger partial charge in [-0.25, -0.2) is 0 Å². The second-order valence-electron chi connectivity index (χ2n) is 6.18. The minimum atomic E-state index is -0.293. The molecule has 0 N–H and O–H groups in total. The van der Waals surface area contributed by atoms with Crippen LogP contribution in [0.4, 0.5) is 0 Å². The summed E-state index contributed by atoms with van der Waals surface area (Å²) in [5.74, 6) is 0.521. The van der Waals surface area contributed by atoms with Crippen molar-refractivity contribution < 1.29 is 23.5 Å². The number of nitrogens with zero attached hydrogens (tertiary/aromatic N) is 1. The zero-order valence-electron chi connectivity index (χ0n) is 14.7. The van der Waals surface area contributed by atoms with Crippen molar-refractivity contribution in [1.29, 1.82) is 0 Å². The minimum absolute atomic E-state index is 0.128. The second-order valence-corrected chi connectivity index (χ2v) is 6.62. The summed E-state index contributed by atoms with van der Waals surface area (Å²) in [6.07, 6.45) is 1.21. The fourth-order valence-electron chi connectivity index (χ4n) is 2.83. The number of ether oxygens (including phenoxy) is 2. The van der Waals surface area contributed by atoms with Crippen LogP contribution in [-0.2, 0) is 4.74 Å². The first-order chi connectivity index (χ1) is 12.5. The van der Waals surface area contributed by atoms with E-state index in [1.54, 1.807) is 29.2 Å². The smallest absolute Gasteiger partial charge is 0.289 e. The Hall–Kier alpha value is -2.31. The highest BCUT2D eigenvalue weighted by atomic mass is 35.5. The van der Waals surface area contributed by atoms with Gasteiger partial charge in [-0.3, -0.25) is 9.59 Å². The quantitative estimate of drug-likeness (QED) is 0.747. The maximum absolute atomic E-state index is 12.6. The van der Waals surface area contributed by atoms with Crippen LogP contribution in [0.1, 0.15) is 33.4 Å². The predicted octanol–water partition coefficient (Wildman–Crippen LogP) is 3.36. The first-order valence-corrected chi connectivity index (χ1v) is 8.71. The van der Waals surface area contributed by atoms with Gasteiger partial charge < -0.3 is 18.8 Å². The monoisotopic (exact) mass is 377 g/mol. The van der Waals surface area contributed by atoms with Crippen molar-refractivity contribution in [2.45, 2.75) is 20.0 Å². The molecule has 7 heteroatoms. The number of carbonyl (C=O) groups excluding carboxylic acids is 2. The largest absolute Gasteiger partial charge is 0.490 e. The summed E-state index contributed by atoms with van der Waals surface area (Å²) in [7, 11) is 0. The molecule has 1 unspecified atom stereocenters. The van der Waals surface area contributed by atoms with Gasteiger partial charge in [0, 0.05) is 17.1 Å². The Labute approximate surface area is 156 Å². The highest BCUT2D eigenvalue weighted by Crippen LogP contribution is 2.24. The molecule has 1 aromatic heterocycles. The van der Waals surface area contributed by atoms with E-state index in [-0.39, 0.29) is 24.4 Å². The van der Waals surface area contributed by atoms with Crippen LogP contribution in [0.3, 0.4) is 0 Å². The van der Waals surface area contributed by atoms with E-state index >= 15 is 0 Å². The lowest BCUT2D eigenvalue weighted by atomic mass is 10.1. The maximum Gasteiger partial charge on any atom is 0.289 e. The summed E-state index contributed by atoms with van der Waals surface area (Å²) < 4.78 is 16.7. The molecular weight excluding hydrogens is 358 g/mol. The third-order valence-electron chi connectivity index (χ3n) is 4.23. The Balaban J connectivity index is 1.64. The molecule has 1 fully saturated rings. The van der Waals surface area contributed by atoms with E-state index in [9.17, 15) is 9.59 Å². The van der Waals surface area contributed by atoms with Crippen molar-refractivity contribution in [1.82, 2.24) is 4.90 Å². The molecule has 3 rings (SSSR count). The lowest BCUT2D eigenvalue weighted by Crippen LogP contribution is -2.47. The van der Waals surface area contributed by atoms with Crippen LogP contribution in [-0.4, -0.2) is 49.0 Å². The van der Waals surface area contributed by atoms with E-state index in [0.29, 0.717) is 41.8 Å². The molecule has 6 nitrogen and oxygen atoms in total. The Morgan fingerprint density at radius 1 is 1.35 bits per heavy atom. The molecule has 2 heterocycles. The van der Waals surface area contributed by atoms with E-state index < -0.39 is 0 Å². The lowest BCUT2D eigenvalue weighted by Gasteiger charge is -2.32. The fourth-order valence-corrected chi connectivity index (χ4v) is 3.00. The molecule has 1 saturated heterocycles. The first-order valence-electron chi connectivity index (χ1n) is 8.34. The number of rotatable bonds is 5. The van der Waals surface area contributed by atoms with Gasteiger partial charge in [0.05, 0.1) is 25.0 Å². The van der Waals surface area contributed by atoms with Crippen LogP contribution >= 0.6 is 11.6 Å². The number of aryl methyl sites for hydroxylation is 1. The van der Waals surface area contributed by atoms with E-state index in [1.165, 1.54) is 13.2 Å². The number of amides is 1. The summed E-state index contributed by atoms with van der Waals surface area (Å²) in [5, 5.41) is 0.474. The molecule has 0 spiro atoms. The van der Waals surface area contributed by atoms with Crippen LogP contribution in [0.2, 0.25) is 5.02 Å². The van der Waals surface area contributed by atoms with Crippen LogP contribution in [0.15, 0.2) is 34.9 Å². The number of hydrogen-bond acceptors (Lipinski definition) is 5. The molecule has 0 aliphatic carbocycles. The van der Waals surface area contributed by atoms with Gasteiger partial charge in [0.2, 0.25) is 0 Å². The summed E-state index contributed by atoms with van der Waals surface area (Å²) in [4.78, 5) is 26.0. The van der Waals surface area contributed by atoms with Gasteiger partial charge in [0.15, 0.2) is 11.5 Å². The lowest BCUT2D eigenvalue weighted by molar-refractivity contribution is -0.0409. The molecule has 0 bridgehead atoms. The minimum Gasteiger partial charge on any atom is -0.490 e. The molecule has 0 radical (unpaired) electrons. The highest BCUT2D eigenvalue weighted by Gasteiger charge is 2.28. The summed E-state index contributed by atoms with van der Waals surface area (Å²) >= 11 is 5.94. The number of halogens is 1. The average Bonchev–Trinajstić information content (AvgIpc) is 3.06. The van der Waals surface area contributed by atoms with E-state index in [2.05, 4.69) is 0 Å². The van der Waals surface area contributed by atoms with E-state index in [4.69, 9.17) is 25.5 Å².